The van der Waals surface area contributed by atoms with Crippen molar-refractivity contribution >= 4 is 5.57 Å². The molecule has 1 aromatic rings. The molecule has 0 unspecified atom stereocenters. The van der Waals surface area contributed by atoms with Gasteiger partial charge in [-0.3, -0.25) is 0 Å². The fourth-order valence-corrected chi connectivity index (χ4v) is 3.29. The van der Waals surface area contributed by atoms with Crippen LogP contribution in [0.1, 0.15) is 52.0 Å². The van der Waals surface area contributed by atoms with E-state index in [1.165, 1.54) is 36.2 Å². The van der Waals surface area contributed by atoms with Gasteiger partial charge >= 0.3 is 0 Å². The molecular formula is C23H32N2. The SMILES string of the molecule is C=C(/C(=C(\C)N/C(C)=C\C=C\CC)N1CCCCC1)c1ccccc1. The standard InChI is InChI=1S/C23H32N2/c1-5-6-9-14-19(2)24-21(4)23(25-17-12-8-13-18-25)20(3)22-15-10-7-11-16-22/h6-7,9-11,14-16,24H,3,5,8,12-13,17-18H2,1-2,4H3/b9-6+,19-14-,23-21-. The molecule has 1 fully saturated rings. The first-order valence-electron chi connectivity index (χ1n) is 9.44. The van der Waals surface area contributed by atoms with E-state index in [0.717, 1.165) is 30.8 Å². The second-order valence-electron chi connectivity index (χ2n) is 6.68. The lowest BCUT2D eigenvalue weighted by Crippen LogP contribution is -2.32. The van der Waals surface area contributed by atoms with Gasteiger partial charge in [0.25, 0.3) is 0 Å². The van der Waals surface area contributed by atoms with Crippen molar-refractivity contribution in [3.63, 3.8) is 0 Å². The first-order chi connectivity index (χ1) is 12.1. The zero-order chi connectivity index (χ0) is 18.1. The predicted octanol–water partition coefficient (Wildman–Crippen LogP) is 5.88. The van der Waals surface area contributed by atoms with Crippen LogP contribution < -0.4 is 5.32 Å². The molecule has 0 atom stereocenters. The van der Waals surface area contributed by atoms with Gasteiger partial charge in [0.1, 0.15) is 0 Å². The maximum absolute atomic E-state index is 4.43. The fraction of sp³-hybridized carbons (Fsp3) is 0.391. The van der Waals surface area contributed by atoms with Crippen molar-refractivity contribution in [2.45, 2.75) is 46.5 Å². The number of nitrogens with zero attached hydrogens (tertiary/aromatic N) is 1. The van der Waals surface area contributed by atoms with E-state index in [1.807, 2.05) is 0 Å². The third kappa shape index (κ3) is 5.67. The number of likely N-dealkylation sites (tertiary alicyclic amines) is 1. The Bertz CT molecular complexity index is 644. The normalized spacial score (nSPS) is 16.8. The van der Waals surface area contributed by atoms with E-state index >= 15 is 0 Å². The van der Waals surface area contributed by atoms with Crippen LogP contribution in [0.25, 0.3) is 5.57 Å². The summed E-state index contributed by atoms with van der Waals surface area (Å²) in [6.45, 7) is 13.1. The van der Waals surface area contributed by atoms with Crippen LogP contribution in [0.4, 0.5) is 0 Å². The van der Waals surface area contributed by atoms with Crippen LogP contribution in [0.2, 0.25) is 0 Å². The third-order valence-corrected chi connectivity index (χ3v) is 4.54. The smallest absolute Gasteiger partial charge is 0.0633 e. The summed E-state index contributed by atoms with van der Waals surface area (Å²) >= 11 is 0. The van der Waals surface area contributed by atoms with E-state index in [4.69, 9.17) is 0 Å². The zero-order valence-corrected chi connectivity index (χ0v) is 16.0. The molecule has 25 heavy (non-hydrogen) atoms. The molecule has 2 rings (SSSR count). The molecule has 0 radical (unpaired) electrons. The molecule has 2 heteroatoms. The lowest BCUT2D eigenvalue weighted by atomic mass is 10.00. The third-order valence-electron chi connectivity index (χ3n) is 4.54. The Morgan fingerprint density at radius 2 is 1.80 bits per heavy atom. The monoisotopic (exact) mass is 336 g/mol. The average molecular weight is 337 g/mol. The number of hydrogen-bond donors (Lipinski definition) is 1. The minimum atomic E-state index is 1.06. The summed E-state index contributed by atoms with van der Waals surface area (Å²) in [6.07, 6.45) is 11.3. The van der Waals surface area contributed by atoms with Gasteiger partial charge in [-0.2, -0.15) is 0 Å². The first kappa shape index (κ1) is 19.1. The highest BCUT2D eigenvalue weighted by Gasteiger charge is 2.19. The fourth-order valence-electron chi connectivity index (χ4n) is 3.29. The molecule has 0 spiro atoms. The van der Waals surface area contributed by atoms with Gasteiger partial charge in [-0.25, -0.2) is 0 Å². The summed E-state index contributed by atoms with van der Waals surface area (Å²) in [4.78, 5) is 2.50. The van der Waals surface area contributed by atoms with Gasteiger partial charge in [0, 0.05) is 24.5 Å². The Morgan fingerprint density at radius 3 is 2.44 bits per heavy atom. The van der Waals surface area contributed by atoms with Crippen LogP contribution >= 0.6 is 0 Å². The second-order valence-corrected chi connectivity index (χ2v) is 6.68. The molecule has 0 bridgehead atoms. The summed E-state index contributed by atoms with van der Waals surface area (Å²) < 4.78 is 0. The maximum Gasteiger partial charge on any atom is 0.0633 e. The van der Waals surface area contributed by atoms with Crippen LogP contribution in [0.3, 0.4) is 0 Å². The van der Waals surface area contributed by atoms with Crippen molar-refractivity contribution in [1.29, 1.82) is 0 Å². The van der Waals surface area contributed by atoms with Crippen LogP contribution in [0.15, 0.2) is 72.2 Å². The van der Waals surface area contributed by atoms with Crippen LogP contribution in [0.5, 0.6) is 0 Å². The van der Waals surface area contributed by atoms with Crippen LogP contribution in [-0.2, 0) is 0 Å². The topological polar surface area (TPSA) is 15.3 Å². The minimum Gasteiger partial charge on any atom is -0.370 e. The number of allylic oxidation sites excluding steroid dienone is 6. The van der Waals surface area contributed by atoms with Crippen molar-refractivity contribution in [3.05, 3.63) is 77.8 Å². The van der Waals surface area contributed by atoms with Gasteiger partial charge in [0.2, 0.25) is 0 Å². The van der Waals surface area contributed by atoms with Gasteiger partial charge in [0.05, 0.1) is 5.70 Å². The molecule has 1 aliphatic heterocycles. The van der Waals surface area contributed by atoms with Gasteiger partial charge in [-0.05, 0) is 56.7 Å². The van der Waals surface area contributed by atoms with Crippen molar-refractivity contribution < 1.29 is 0 Å². The van der Waals surface area contributed by atoms with Crippen LogP contribution in [0, 0.1) is 0 Å². The largest absolute Gasteiger partial charge is 0.370 e. The zero-order valence-electron chi connectivity index (χ0n) is 16.0. The van der Waals surface area contributed by atoms with E-state index < -0.39 is 0 Å². The Balaban J connectivity index is 2.30. The lowest BCUT2D eigenvalue weighted by Gasteiger charge is -2.34. The van der Waals surface area contributed by atoms with Crippen molar-refractivity contribution in [2.24, 2.45) is 0 Å². The summed E-state index contributed by atoms with van der Waals surface area (Å²) in [5.74, 6) is 0. The van der Waals surface area contributed by atoms with Crippen LogP contribution in [-0.4, -0.2) is 18.0 Å². The molecule has 1 heterocycles. The number of piperidine rings is 1. The lowest BCUT2D eigenvalue weighted by molar-refractivity contribution is 0.292. The highest BCUT2D eigenvalue weighted by molar-refractivity contribution is 5.77. The molecule has 0 amide bonds. The summed E-state index contributed by atoms with van der Waals surface area (Å²) in [7, 11) is 0. The number of benzene rings is 1. The molecular weight excluding hydrogens is 304 g/mol. The summed E-state index contributed by atoms with van der Waals surface area (Å²) in [6, 6.07) is 10.5. The van der Waals surface area contributed by atoms with Gasteiger partial charge < -0.3 is 10.2 Å². The quantitative estimate of drug-likeness (QED) is 0.626. The summed E-state index contributed by atoms with van der Waals surface area (Å²) in [5.41, 5.74) is 5.87. The molecule has 0 aromatic heterocycles. The molecule has 1 aromatic carbocycles. The molecule has 1 aliphatic rings. The maximum atomic E-state index is 4.43. The Kier molecular flexibility index (Phi) is 7.59. The van der Waals surface area contributed by atoms with Gasteiger partial charge in [-0.15, -0.1) is 0 Å². The van der Waals surface area contributed by atoms with E-state index in [-0.39, 0.29) is 0 Å². The second kappa shape index (κ2) is 9.93. The van der Waals surface area contributed by atoms with Crippen molar-refractivity contribution in [2.75, 3.05) is 13.1 Å². The Hall–Kier alpha value is -2.22. The highest BCUT2D eigenvalue weighted by atomic mass is 15.2. The van der Waals surface area contributed by atoms with E-state index in [0.29, 0.717) is 0 Å². The minimum absolute atomic E-state index is 1.06. The number of nitrogens with one attached hydrogen (secondary N) is 1. The van der Waals surface area contributed by atoms with E-state index in [9.17, 15) is 0 Å². The van der Waals surface area contributed by atoms with E-state index in [2.05, 4.69) is 86.1 Å². The van der Waals surface area contributed by atoms with Gasteiger partial charge in [0.15, 0.2) is 0 Å². The molecule has 134 valence electrons. The molecule has 0 aliphatic carbocycles. The molecule has 1 saturated heterocycles. The molecule has 0 saturated carbocycles. The summed E-state index contributed by atoms with van der Waals surface area (Å²) in [5, 5.41) is 3.57. The van der Waals surface area contributed by atoms with Crippen molar-refractivity contribution in [3.8, 4) is 0 Å². The number of rotatable bonds is 7. The average Bonchev–Trinajstić information content (AvgIpc) is 2.63. The predicted molar refractivity (Wildman–Crippen MR) is 110 cm³/mol. The molecule has 1 N–H and O–H groups in total. The first-order valence-corrected chi connectivity index (χ1v) is 9.44. The Labute approximate surface area is 153 Å². The molecule has 2 nitrogen and oxygen atoms in total. The highest BCUT2D eigenvalue weighted by Crippen LogP contribution is 2.29. The number of hydrogen-bond acceptors (Lipinski definition) is 2. The van der Waals surface area contributed by atoms with E-state index in [1.54, 1.807) is 0 Å². The Morgan fingerprint density at radius 1 is 1.12 bits per heavy atom. The van der Waals surface area contributed by atoms with Crippen molar-refractivity contribution in [1.82, 2.24) is 10.2 Å². The van der Waals surface area contributed by atoms with Gasteiger partial charge in [-0.1, -0.05) is 56.0 Å².